The van der Waals surface area contributed by atoms with Gasteiger partial charge in [-0.1, -0.05) is 24.3 Å². The summed E-state index contributed by atoms with van der Waals surface area (Å²) in [6, 6.07) is 9.64. The van der Waals surface area contributed by atoms with Crippen molar-refractivity contribution in [3.8, 4) is 0 Å². The molecule has 0 aromatic heterocycles. The predicted octanol–water partition coefficient (Wildman–Crippen LogP) is 3.25. The summed E-state index contributed by atoms with van der Waals surface area (Å²) in [7, 11) is -2.26. The van der Waals surface area contributed by atoms with Crippen LogP contribution in [0.2, 0.25) is 0 Å². The SMILES string of the molecule is C=C[C@H]1CC[C@@H](C)[S+]([O-])(c2ccccc2)=N1. The summed E-state index contributed by atoms with van der Waals surface area (Å²) >= 11 is 0. The summed E-state index contributed by atoms with van der Waals surface area (Å²) in [5.74, 6) is 0. The second kappa shape index (κ2) is 4.52. The van der Waals surface area contributed by atoms with Crippen molar-refractivity contribution < 1.29 is 4.55 Å². The number of benzene rings is 1. The second-order valence-electron chi connectivity index (χ2n) is 4.18. The fourth-order valence-corrected chi connectivity index (χ4v) is 4.38. The van der Waals surface area contributed by atoms with Crippen LogP contribution in [0, 0.1) is 0 Å². The van der Waals surface area contributed by atoms with Crippen LogP contribution in [0.4, 0.5) is 0 Å². The molecule has 1 unspecified atom stereocenters. The fourth-order valence-electron chi connectivity index (χ4n) is 1.99. The normalized spacial score (nSPS) is 34.1. The lowest BCUT2D eigenvalue weighted by Crippen LogP contribution is -2.32. The smallest absolute Gasteiger partial charge is 0.136 e. The molecule has 0 saturated heterocycles. The van der Waals surface area contributed by atoms with Gasteiger partial charge in [-0.3, -0.25) is 0 Å². The van der Waals surface area contributed by atoms with Crippen LogP contribution < -0.4 is 0 Å². The molecule has 1 heterocycles. The number of nitrogens with zero attached hydrogens (tertiary/aromatic N) is 1. The first-order valence-electron chi connectivity index (χ1n) is 5.59. The summed E-state index contributed by atoms with van der Waals surface area (Å²) in [6.45, 7) is 5.78. The molecule has 86 valence electrons. The predicted molar refractivity (Wildman–Crippen MR) is 68.0 cm³/mol. The van der Waals surface area contributed by atoms with Gasteiger partial charge in [0.2, 0.25) is 0 Å². The summed E-state index contributed by atoms with van der Waals surface area (Å²) in [5.41, 5.74) is 0. The molecule has 0 radical (unpaired) electrons. The van der Waals surface area contributed by atoms with Crippen LogP contribution in [0.25, 0.3) is 0 Å². The van der Waals surface area contributed by atoms with E-state index in [1.54, 1.807) is 6.08 Å². The Bertz CT molecular complexity index is 427. The molecule has 1 aromatic carbocycles. The third-order valence-electron chi connectivity index (χ3n) is 3.06. The fraction of sp³-hybridized carbons (Fsp3) is 0.385. The number of rotatable bonds is 2. The molecular formula is C13H17NOS. The van der Waals surface area contributed by atoms with E-state index in [2.05, 4.69) is 10.9 Å². The van der Waals surface area contributed by atoms with E-state index in [-0.39, 0.29) is 11.3 Å². The van der Waals surface area contributed by atoms with Gasteiger partial charge in [0, 0.05) is 0 Å². The van der Waals surface area contributed by atoms with Crippen molar-refractivity contribution in [1.29, 1.82) is 0 Å². The van der Waals surface area contributed by atoms with Crippen LogP contribution in [-0.2, 0) is 10.1 Å². The van der Waals surface area contributed by atoms with Crippen molar-refractivity contribution in [1.82, 2.24) is 0 Å². The van der Waals surface area contributed by atoms with Crippen LogP contribution in [0.1, 0.15) is 19.8 Å². The van der Waals surface area contributed by atoms with Gasteiger partial charge in [0.15, 0.2) is 0 Å². The highest BCUT2D eigenvalue weighted by Crippen LogP contribution is 2.33. The Kier molecular flexibility index (Phi) is 3.26. The van der Waals surface area contributed by atoms with E-state index in [1.165, 1.54) is 0 Å². The molecule has 0 spiro atoms. The van der Waals surface area contributed by atoms with Crippen molar-refractivity contribution in [2.45, 2.75) is 36.0 Å². The summed E-state index contributed by atoms with van der Waals surface area (Å²) in [5, 5.41) is 0.131. The maximum Gasteiger partial charge on any atom is 0.136 e. The zero-order valence-corrected chi connectivity index (χ0v) is 10.3. The number of hydrogen-bond donors (Lipinski definition) is 0. The lowest BCUT2D eigenvalue weighted by Gasteiger charge is -2.33. The Morgan fingerprint density at radius 1 is 1.38 bits per heavy atom. The van der Waals surface area contributed by atoms with E-state index in [4.69, 9.17) is 0 Å². The van der Waals surface area contributed by atoms with Gasteiger partial charge in [-0.2, -0.15) is 0 Å². The molecule has 2 rings (SSSR count). The van der Waals surface area contributed by atoms with E-state index in [0.29, 0.717) is 0 Å². The van der Waals surface area contributed by atoms with Crippen LogP contribution in [0.15, 0.2) is 52.2 Å². The maximum absolute atomic E-state index is 12.9. The standard InChI is InChI=1S/C13H17NOS/c1-3-12-10-9-11(2)16(15,14-12)13-7-5-4-6-8-13/h3-8,11-12H,1,9-10H2,2H3/t11-,12+,16?/m1/s1. The van der Waals surface area contributed by atoms with Crippen molar-refractivity contribution in [2.75, 3.05) is 0 Å². The summed E-state index contributed by atoms with van der Waals surface area (Å²) in [6.07, 6.45) is 3.72. The molecule has 3 heteroatoms. The Morgan fingerprint density at radius 2 is 2.06 bits per heavy atom. The van der Waals surface area contributed by atoms with E-state index in [9.17, 15) is 4.55 Å². The zero-order chi connectivity index (χ0) is 11.6. The molecule has 0 amide bonds. The van der Waals surface area contributed by atoms with E-state index < -0.39 is 10.1 Å². The molecule has 1 aliphatic rings. The van der Waals surface area contributed by atoms with Crippen molar-refractivity contribution >= 4 is 10.1 Å². The van der Waals surface area contributed by atoms with Crippen LogP contribution in [0.3, 0.4) is 0 Å². The minimum absolute atomic E-state index is 0.0453. The third kappa shape index (κ3) is 1.97. The van der Waals surface area contributed by atoms with Gasteiger partial charge in [0.05, 0.1) is 0 Å². The van der Waals surface area contributed by atoms with Crippen LogP contribution >= 0.6 is 0 Å². The molecule has 0 N–H and O–H groups in total. The van der Waals surface area contributed by atoms with Gasteiger partial charge in [-0.25, -0.2) is 0 Å². The molecule has 0 saturated carbocycles. The first-order valence-corrected chi connectivity index (χ1v) is 7.17. The highest BCUT2D eigenvalue weighted by atomic mass is 32.3. The van der Waals surface area contributed by atoms with Crippen molar-refractivity contribution in [2.24, 2.45) is 4.36 Å². The van der Waals surface area contributed by atoms with Gasteiger partial charge < -0.3 is 4.55 Å². The highest BCUT2D eigenvalue weighted by molar-refractivity contribution is 8.00. The Hall–Kier alpha value is -0.930. The quantitative estimate of drug-likeness (QED) is 0.572. The van der Waals surface area contributed by atoms with Gasteiger partial charge in [0.1, 0.15) is 16.2 Å². The zero-order valence-electron chi connectivity index (χ0n) is 9.50. The first kappa shape index (κ1) is 11.6. The molecule has 1 aliphatic heterocycles. The van der Waals surface area contributed by atoms with Gasteiger partial charge in [0.25, 0.3) is 0 Å². The van der Waals surface area contributed by atoms with E-state index in [0.717, 1.165) is 17.7 Å². The molecule has 16 heavy (non-hydrogen) atoms. The summed E-state index contributed by atoms with van der Waals surface area (Å²) in [4.78, 5) is 0.856. The average molecular weight is 235 g/mol. The van der Waals surface area contributed by atoms with Crippen LogP contribution in [-0.4, -0.2) is 15.8 Å². The lowest BCUT2D eigenvalue weighted by atomic mass is 10.1. The number of hydrogen-bond acceptors (Lipinski definition) is 2. The first-order chi connectivity index (χ1) is 7.66. The average Bonchev–Trinajstić information content (AvgIpc) is 2.34. The monoisotopic (exact) mass is 235 g/mol. The topological polar surface area (TPSA) is 35.4 Å². The van der Waals surface area contributed by atoms with Gasteiger partial charge >= 0.3 is 0 Å². The molecule has 0 fully saturated rings. The summed E-state index contributed by atoms with van der Waals surface area (Å²) < 4.78 is 17.4. The maximum atomic E-state index is 12.9. The second-order valence-corrected chi connectivity index (χ2v) is 6.80. The van der Waals surface area contributed by atoms with Crippen molar-refractivity contribution in [3.05, 3.63) is 43.0 Å². The highest BCUT2D eigenvalue weighted by Gasteiger charge is 2.31. The third-order valence-corrected chi connectivity index (χ3v) is 5.92. The Balaban J connectivity index is 2.49. The molecule has 3 atom stereocenters. The van der Waals surface area contributed by atoms with E-state index >= 15 is 0 Å². The lowest BCUT2D eigenvalue weighted by molar-refractivity contribution is 0.529. The van der Waals surface area contributed by atoms with Gasteiger partial charge in [-0.05, 0) is 42.0 Å². The minimum Gasteiger partial charge on any atom is -0.626 e. The molecular weight excluding hydrogens is 218 g/mol. The Labute approximate surface area is 98.3 Å². The largest absolute Gasteiger partial charge is 0.626 e. The Morgan fingerprint density at radius 3 is 2.69 bits per heavy atom. The minimum atomic E-state index is -2.26. The molecule has 0 aliphatic carbocycles. The molecule has 2 nitrogen and oxygen atoms in total. The van der Waals surface area contributed by atoms with Gasteiger partial charge in [-0.15, -0.1) is 10.9 Å². The van der Waals surface area contributed by atoms with Crippen molar-refractivity contribution in [3.63, 3.8) is 0 Å². The molecule has 1 aromatic rings. The molecule has 0 bridgehead atoms. The van der Waals surface area contributed by atoms with Crippen LogP contribution in [0.5, 0.6) is 0 Å². The van der Waals surface area contributed by atoms with E-state index in [1.807, 2.05) is 37.3 Å².